The Bertz CT molecular complexity index is 97.0. The van der Waals surface area contributed by atoms with Gasteiger partial charge in [-0.1, -0.05) is 0 Å². The average molecular weight is 208 g/mol. The third kappa shape index (κ3) is 8.13. The zero-order valence-electron chi connectivity index (χ0n) is 6.88. The van der Waals surface area contributed by atoms with Crippen LogP contribution in [-0.4, -0.2) is 0 Å². The predicted molar refractivity (Wildman–Crippen MR) is 52.3 cm³/mol. The average Bonchev–Trinajstić information content (AvgIpc) is 1.90. The standard InChI is InChI=1S/3C3H5.ClH.Ti/c3*1-3-2;;/h3*3H,1-2H2;1H;. The van der Waals surface area contributed by atoms with Gasteiger partial charge in [0.2, 0.25) is 0 Å². The van der Waals surface area contributed by atoms with Crippen LogP contribution in [0.15, 0.2) is 38.0 Å². The summed E-state index contributed by atoms with van der Waals surface area (Å²) in [7, 11) is 0. The number of rotatable bonds is 6. The molecular formula is C9H16ClTi. The van der Waals surface area contributed by atoms with Crippen LogP contribution in [-0.2, 0) is 17.9 Å². The molecule has 0 fully saturated rings. The van der Waals surface area contributed by atoms with E-state index in [4.69, 9.17) is 0 Å². The summed E-state index contributed by atoms with van der Waals surface area (Å²) in [6, 6.07) is 0. The predicted octanol–water partition coefficient (Wildman–Crippen LogP) is 3.84. The largest absolute Gasteiger partial charge is 0.147 e. The normalized spacial score (nSPS) is 7.64. The maximum atomic E-state index is 3.74. The monoisotopic (exact) mass is 207 g/mol. The first kappa shape index (κ1) is 13.8. The van der Waals surface area contributed by atoms with E-state index in [9.17, 15) is 0 Å². The molecule has 0 spiro atoms. The van der Waals surface area contributed by atoms with Crippen molar-refractivity contribution in [2.24, 2.45) is 0 Å². The summed E-state index contributed by atoms with van der Waals surface area (Å²) in [5.41, 5.74) is 0. The van der Waals surface area contributed by atoms with Crippen molar-refractivity contribution in [1.82, 2.24) is 0 Å². The summed E-state index contributed by atoms with van der Waals surface area (Å²) in [6.07, 6.45) is 6.09. The molecule has 0 atom stereocenters. The van der Waals surface area contributed by atoms with E-state index in [2.05, 4.69) is 19.7 Å². The van der Waals surface area contributed by atoms with Crippen molar-refractivity contribution in [2.75, 3.05) is 0 Å². The number of hydrogen-bond acceptors (Lipinski definition) is 0. The third-order valence-corrected chi connectivity index (χ3v) is 5.36. The molecule has 2 heteroatoms. The van der Waals surface area contributed by atoms with Crippen molar-refractivity contribution in [2.45, 2.75) is 14.2 Å². The van der Waals surface area contributed by atoms with E-state index in [1.807, 2.05) is 18.2 Å². The van der Waals surface area contributed by atoms with Crippen LogP contribution in [0, 0.1) is 0 Å². The molecular weight excluding hydrogens is 191 g/mol. The zero-order chi connectivity index (χ0) is 7.82. The Morgan fingerprint density at radius 2 is 1.09 bits per heavy atom. The second-order valence-corrected chi connectivity index (χ2v) is 6.48. The van der Waals surface area contributed by atoms with Gasteiger partial charge in [-0.3, -0.25) is 0 Å². The van der Waals surface area contributed by atoms with Gasteiger partial charge in [0, 0.05) is 0 Å². The molecule has 0 saturated carbocycles. The molecule has 0 nitrogen and oxygen atoms in total. The summed E-state index contributed by atoms with van der Waals surface area (Å²) in [6.45, 7) is 11.2. The van der Waals surface area contributed by atoms with Gasteiger partial charge in [0.25, 0.3) is 0 Å². The van der Waals surface area contributed by atoms with Crippen LogP contribution in [0.4, 0.5) is 0 Å². The summed E-state index contributed by atoms with van der Waals surface area (Å²) >= 11 is -0.840. The van der Waals surface area contributed by atoms with E-state index in [1.165, 1.54) is 14.2 Å². The number of halogens is 1. The van der Waals surface area contributed by atoms with Gasteiger partial charge in [-0.15, -0.1) is 12.4 Å². The minimum Gasteiger partial charge on any atom is -0.147 e. The summed E-state index contributed by atoms with van der Waals surface area (Å²) in [5.74, 6) is 0. The molecule has 11 heavy (non-hydrogen) atoms. The van der Waals surface area contributed by atoms with Crippen LogP contribution in [0.2, 0.25) is 14.2 Å². The van der Waals surface area contributed by atoms with Crippen molar-refractivity contribution in [3.8, 4) is 0 Å². The SMILES string of the molecule is C=C[CH2][Ti]([CH2]C=C)[CH2]C=C.Cl. The Hall–Kier alpha value is 0.224. The van der Waals surface area contributed by atoms with Crippen molar-refractivity contribution in [3.05, 3.63) is 38.0 Å². The van der Waals surface area contributed by atoms with Crippen LogP contribution in [0.5, 0.6) is 0 Å². The van der Waals surface area contributed by atoms with Gasteiger partial charge >= 0.3 is 70.0 Å². The minimum absolute atomic E-state index is 0. The molecule has 63 valence electrons. The Labute approximate surface area is 82.3 Å². The first-order valence-electron chi connectivity index (χ1n) is 3.51. The van der Waals surface area contributed by atoms with Crippen molar-refractivity contribution < 1.29 is 17.9 Å². The Balaban J connectivity index is 0. The summed E-state index contributed by atoms with van der Waals surface area (Å²) in [5, 5.41) is 0. The van der Waals surface area contributed by atoms with Crippen LogP contribution < -0.4 is 0 Å². The molecule has 0 bridgehead atoms. The topological polar surface area (TPSA) is 0 Å². The first-order chi connectivity index (χ1) is 4.85. The van der Waals surface area contributed by atoms with Crippen molar-refractivity contribution in [1.29, 1.82) is 0 Å². The van der Waals surface area contributed by atoms with Crippen LogP contribution in [0.25, 0.3) is 0 Å². The quantitative estimate of drug-likeness (QED) is 0.459. The first-order valence-corrected chi connectivity index (χ1v) is 6.82. The van der Waals surface area contributed by atoms with Gasteiger partial charge in [-0.25, -0.2) is 0 Å². The van der Waals surface area contributed by atoms with E-state index in [1.54, 1.807) is 0 Å². The molecule has 0 amide bonds. The second kappa shape index (κ2) is 10.2. The molecule has 0 aliphatic rings. The molecule has 0 aromatic carbocycles. The van der Waals surface area contributed by atoms with Gasteiger partial charge in [-0.05, 0) is 0 Å². The van der Waals surface area contributed by atoms with E-state index in [-0.39, 0.29) is 12.4 Å². The smallest absolute Gasteiger partial charge is 0.147 e. The Kier molecular flexibility index (Phi) is 12.8. The Morgan fingerprint density at radius 1 is 0.818 bits per heavy atom. The molecule has 0 radical (unpaired) electrons. The maximum absolute atomic E-state index is 3.74. The molecule has 0 N–H and O–H groups in total. The molecule has 0 unspecified atom stereocenters. The van der Waals surface area contributed by atoms with Gasteiger partial charge in [0.05, 0.1) is 0 Å². The Morgan fingerprint density at radius 3 is 1.27 bits per heavy atom. The maximum Gasteiger partial charge on any atom is -0.147 e. The molecule has 0 aromatic heterocycles. The summed E-state index contributed by atoms with van der Waals surface area (Å²) in [4.78, 5) is 0. The second-order valence-electron chi connectivity index (χ2n) is 2.23. The minimum atomic E-state index is -0.840. The molecule has 0 saturated heterocycles. The molecule has 0 aliphatic heterocycles. The van der Waals surface area contributed by atoms with Crippen molar-refractivity contribution >= 4 is 12.4 Å². The van der Waals surface area contributed by atoms with E-state index in [0.717, 1.165) is 0 Å². The van der Waals surface area contributed by atoms with Crippen LogP contribution in [0.1, 0.15) is 0 Å². The van der Waals surface area contributed by atoms with E-state index in [0.29, 0.717) is 0 Å². The molecule has 0 aliphatic carbocycles. The molecule has 0 rings (SSSR count). The fourth-order valence-corrected chi connectivity index (χ4v) is 3.56. The van der Waals surface area contributed by atoms with Gasteiger partial charge in [-0.2, -0.15) is 0 Å². The fraction of sp³-hybridized carbons (Fsp3) is 0.333. The van der Waals surface area contributed by atoms with Gasteiger partial charge in [0.1, 0.15) is 0 Å². The van der Waals surface area contributed by atoms with Gasteiger partial charge in [0.15, 0.2) is 0 Å². The third-order valence-electron chi connectivity index (χ3n) is 1.30. The molecule has 0 aromatic rings. The van der Waals surface area contributed by atoms with Gasteiger partial charge < -0.3 is 0 Å². The van der Waals surface area contributed by atoms with Crippen molar-refractivity contribution in [3.63, 3.8) is 0 Å². The van der Waals surface area contributed by atoms with Crippen LogP contribution >= 0.6 is 12.4 Å². The zero-order valence-corrected chi connectivity index (χ0v) is 9.26. The molecule has 0 heterocycles. The summed E-state index contributed by atoms with van der Waals surface area (Å²) < 4.78 is 3.70. The van der Waals surface area contributed by atoms with E-state index < -0.39 is 17.9 Å². The van der Waals surface area contributed by atoms with Crippen LogP contribution in [0.3, 0.4) is 0 Å². The fourth-order valence-electron chi connectivity index (χ4n) is 0.862. The number of hydrogen-bond donors (Lipinski definition) is 0. The number of allylic oxidation sites excluding steroid dienone is 3. The van der Waals surface area contributed by atoms with E-state index >= 15 is 0 Å².